The highest BCUT2D eigenvalue weighted by Gasteiger charge is 2.26. The number of hydrogen-bond acceptors (Lipinski definition) is 6. The minimum Gasteiger partial charge on any atom is -0.475 e. The Kier molecular flexibility index (Phi) is 2.98. The van der Waals surface area contributed by atoms with Gasteiger partial charge in [0, 0.05) is 5.39 Å². The summed E-state index contributed by atoms with van der Waals surface area (Å²) in [7, 11) is 0. The number of amides is 2. The Morgan fingerprint density at radius 3 is 2.48 bits per heavy atom. The summed E-state index contributed by atoms with van der Waals surface area (Å²) in [5.74, 6) is -2.28. The van der Waals surface area contributed by atoms with E-state index in [9.17, 15) is 14.4 Å². The van der Waals surface area contributed by atoms with E-state index in [1.54, 1.807) is 24.3 Å². The number of imide groups is 1. The number of benzene rings is 1. The van der Waals surface area contributed by atoms with Gasteiger partial charge >= 0.3 is 5.97 Å². The zero-order valence-electron chi connectivity index (χ0n) is 10.7. The van der Waals surface area contributed by atoms with E-state index in [2.05, 4.69) is 15.3 Å². The lowest BCUT2D eigenvalue weighted by Gasteiger charge is -2.27. The Balaban J connectivity index is 2.17. The molecule has 0 unspecified atom stereocenters. The molecule has 8 nitrogen and oxygen atoms in total. The van der Waals surface area contributed by atoms with Gasteiger partial charge in [-0.3, -0.25) is 14.9 Å². The Bertz CT molecular complexity index is 758. The fraction of sp³-hybridized carbons (Fsp3) is 0.154. The zero-order chi connectivity index (χ0) is 15.0. The van der Waals surface area contributed by atoms with Crippen LogP contribution in [0.1, 0.15) is 10.6 Å². The molecular weight excluding hydrogens is 276 g/mol. The smallest absolute Gasteiger partial charge is 0.374 e. The van der Waals surface area contributed by atoms with Crippen LogP contribution in [0.5, 0.6) is 0 Å². The molecule has 1 aromatic heterocycles. The summed E-state index contributed by atoms with van der Waals surface area (Å²) in [5.41, 5.74) is 0.443. The van der Waals surface area contributed by atoms with Gasteiger partial charge in [0.15, 0.2) is 0 Å². The van der Waals surface area contributed by atoms with Crippen molar-refractivity contribution in [3.8, 4) is 0 Å². The summed E-state index contributed by atoms with van der Waals surface area (Å²) in [6.07, 6.45) is 0. The fourth-order valence-electron chi connectivity index (χ4n) is 2.18. The number of aromatic carboxylic acids is 1. The van der Waals surface area contributed by atoms with E-state index in [4.69, 9.17) is 5.11 Å². The Morgan fingerprint density at radius 2 is 1.81 bits per heavy atom. The molecule has 0 spiro atoms. The number of hydrogen-bond donors (Lipinski definition) is 2. The molecule has 1 aliphatic heterocycles. The molecule has 1 aliphatic rings. The monoisotopic (exact) mass is 286 g/mol. The number of nitrogens with one attached hydrogen (secondary N) is 1. The van der Waals surface area contributed by atoms with Gasteiger partial charge in [0.25, 0.3) is 0 Å². The molecule has 2 N–H and O–H groups in total. The first kappa shape index (κ1) is 13.0. The van der Waals surface area contributed by atoms with Gasteiger partial charge in [-0.05, 0) is 12.1 Å². The SMILES string of the molecule is O=C1CN(c2nc(C(=O)O)nc3ccccc23)CC(=O)N1. The van der Waals surface area contributed by atoms with Gasteiger partial charge in [-0.15, -0.1) is 0 Å². The van der Waals surface area contributed by atoms with Gasteiger partial charge in [-0.2, -0.15) is 0 Å². The predicted octanol–water partition coefficient (Wildman–Crippen LogP) is -0.209. The molecule has 0 bridgehead atoms. The molecule has 2 heterocycles. The number of aromatic nitrogens is 2. The normalized spacial score (nSPS) is 15.1. The number of carbonyl (C=O) groups excluding carboxylic acids is 2. The zero-order valence-corrected chi connectivity index (χ0v) is 10.7. The van der Waals surface area contributed by atoms with Gasteiger partial charge in [0.05, 0.1) is 18.6 Å². The topological polar surface area (TPSA) is 112 Å². The van der Waals surface area contributed by atoms with Crippen LogP contribution in [-0.4, -0.2) is 45.9 Å². The molecular formula is C13H10N4O4. The number of fused-ring (bicyclic) bond motifs is 1. The van der Waals surface area contributed by atoms with Crippen molar-refractivity contribution in [2.24, 2.45) is 0 Å². The Morgan fingerprint density at radius 1 is 1.14 bits per heavy atom. The number of carboxylic acids is 1. The van der Waals surface area contributed by atoms with Gasteiger partial charge < -0.3 is 10.0 Å². The minimum absolute atomic E-state index is 0.0637. The maximum Gasteiger partial charge on any atom is 0.374 e. The average Bonchev–Trinajstić information content (AvgIpc) is 2.45. The number of carboxylic acid groups (broad SMARTS) is 1. The molecule has 2 amide bonds. The van der Waals surface area contributed by atoms with Crippen LogP contribution in [0.3, 0.4) is 0 Å². The summed E-state index contributed by atoms with van der Waals surface area (Å²) >= 11 is 0. The van der Waals surface area contributed by atoms with Crippen LogP contribution >= 0.6 is 0 Å². The standard InChI is InChI=1S/C13H10N4O4/c18-9-5-17(6-10(19)15-9)12-7-3-1-2-4-8(7)14-11(16-12)13(20)21/h1-4H,5-6H2,(H,20,21)(H,15,18,19). The maximum atomic E-state index is 11.5. The number of piperazine rings is 1. The van der Waals surface area contributed by atoms with Crippen molar-refractivity contribution in [1.82, 2.24) is 15.3 Å². The van der Waals surface area contributed by atoms with Crippen molar-refractivity contribution >= 4 is 34.5 Å². The third-order valence-electron chi connectivity index (χ3n) is 3.02. The lowest BCUT2D eigenvalue weighted by Crippen LogP contribution is -2.51. The second-order valence-corrected chi connectivity index (χ2v) is 4.52. The molecule has 3 rings (SSSR count). The van der Waals surface area contributed by atoms with Crippen LogP contribution in [0.4, 0.5) is 5.82 Å². The van der Waals surface area contributed by atoms with E-state index in [1.165, 1.54) is 4.90 Å². The average molecular weight is 286 g/mol. The largest absolute Gasteiger partial charge is 0.475 e. The number of anilines is 1. The van der Waals surface area contributed by atoms with Crippen molar-refractivity contribution in [3.05, 3.63) is 30.1 Å². The van der Waals surface area contributed by atoms with Crippen molar-refractivity contribution in [1.29, 1.82) is 0 Å². The molecule has 21 heavy (non-hydrogen) atoms. The van der Waals surface area contributed by atoms with Gasteiger partial charge in [0.2, 0.25) is 17.6 Å². The number of para-hydroxylation sites is 1. The van der Waals surface area contributed by atoms with E-state index in [0.717, 1.165) is 0 Å². The Hall–Kier alpha value is -3.03. The van der Waals surface area contributed by atoms with Gasteiger partial charge in [-0.25, -0.2) is 14.8 Å². The molecule has 0 radical (unpaired) electrons. The number of rotatable bonds is 2. The van der Waals surface area contributed by atoms with Crippen LogP contribution < -0.4 is 10.2 Å². The minimum atomic E-state index is -1.27. The first-order valence-corrected chi connectivity index (χ1v) is 6.12. The lowest BCUT2D eigenvalue weighted by atomic mass is 10.2. The van der Waals surface area contributed by atoms with Crippen molar-refractivity contribution in [3.63, 3.8) is 0 Å². The van der Waals surface area contributed by atoms with E-state index in [0.29, 0.717) is 10.9 Å². The van der Waals surface area contributed by atoms with E-state index in [1.807, 2.05) is 0 Å². The number of nitrogens with zero attached hydrogens (tertiary/aromatic N) is 3. The fourth-order valence-corrected chi connectivity index (χ4v) is 2.18. The summed E-state index contributed by atoms with van der Waals surface area (Å²) in [4.78, 5) is 43.4. The van der Waals surface area contributed by atoms with Crippen LogP contribution in [0.15, 0.2) is 24.3 Å². The summed E-state index contributed by atoms with van der Waals surface area (Å²) < 4.78 is 0. The molecule has 0 saturated carbocycles. The van der Waals surface area contributed by atoms with Crippen LogP contribution in [0, 0.1) is 0 Å². The van der Waals surface area contributed by atoms with Gasteiger partial charge in [-0.1, -0.05) is 12.1 Å². The molecule has 8 heteroatoms. The number of carbonyl (C=O) groups is 3. The van der Waals surface area contributed by atoms with Crippen molar-refractivity contribution < 1.29 is 19.5 Å². The second kappa shape index (κ2) is 4.82. The summed E-state index contributed by atoms with van der Waals surface area (Å²) in [5, 5.41) is 11.9. The van der Waals surface area contributed by atoms with Crippen LogP contribution in [0.2, 0.25) is 0 Å². The molecule has 1 aromatic carbocycles. The quantitative estimate of drug-likeness (QED) is 0.734. The lowest BCUT2D eigenvalue weighted by molar-refractivity contribution is -0.130. The van der Waals surface area contributed by atoms with Crippen molar-refractivity contribution in [2.75, 3.05) is 18.0 Å². The van der Waals surface area contributed by atoms with E-state index in [-0.39, 0.29) is 24.7 Å². The highest BCUT2D eigenvalue weighted by atomic mass is 16.4. The summed E-state index contributed by atoms with van der Waals surface area (Å²) in [6, 6.07) is 6.84. The van der Waals surface area contributed by atoms with Crippen LogP contribution in [-0.2, 0) is 9.59 Å². The first-order chi connectivity index (χ1) is 10.0. The van der Waals surface area contributed by atoms with E-state index >= 15 is 0 Å². The molecule has 0 aliphatic carbocycles. The predicted molar refractivity (Wildman–Crippen MR) is 71.9 cm³/mol. The highest BCUT2D eigenvalue weighted by molar-refractivity contribution is 6.04. The highest BCUT2D eigenvalue weighted by Crippen LogP contribution is 2.24. The Labute approximate surface area is 118 Å². The summed E-state index contributed by atoms with van der Waals surface area (Å²) in [6.45, 7) is -0.127. The second-order valence-electron chi connectivity index (χ2n) is 4.52. The third kappa shape index (κ3) is 2.38. The first-order valence-electron chi connectivity index (χ1n) is 6.12. The molecule has 1 saturated heterocycles. The molecule has 0 atom stereocenters. The third-order valence-corrected chi connectivity index (χ3v) is 3.02. The maximum absolute atomic E-state index is 11.5. The molecule has 106 valence electrons. The molecule has 2 aromatic rings. The molecule has 1 fully saturated rings. The van der Waals surface area contributed by atoms with Crippen LogP contribution in [0.25, 0.3) is 10.9 Å². The van der Waals surface area contributed by atoms with Gasteiger partial charge in [0.1, 0.15) is 5.82 Å². The van der Waals surface area contributed by atoms with E-state index < -0.39 is 17.8 Å². The van der Waals surface area contributed by atoms with Crippen molar-refractivity contribution in [2.45, 2.75) is 0 Å².